The summed E-state index contributed by atoms with van der Waals surface area (Å²) in [4.78, 5) is 6.40. The minimum atomic E-state index is -0.241. The number of nitrogens with one attached hydrogen (secondary N) is 1. The van der Waals surface area contributed by atoms with E-state index in [1.165, 1.54) is 24.3 Å². The summed E-state index contributed by atoms with van der Waals surface area (Å²) in [5.41, 5.74) is 1.99. The van der Waals surface area contributed by atoms with Gasteiger partial charge in [-0.3, -0.25) is 4.99 Å². The van der Waals surface area contributed by atoms with Gasteiger partial charge in [-0.1, -0.05) is 24.3 Å². The Bertz CT molecular complexity index is 791. The van der Waals surface area contributed by atoms with E-state index in [1.807, 2.05) is 24.1 Å². The van der Waals surface area contributed by atoms with Crippen molar-refractivity contribution >= 4 is 29.9 Å². The molecular formula is C22H28F2IN3O. The number of nitrogens with zero attached hydrogens (tertiary/aromatic N) is 2. The predicted molar refractivity (Wildman–Crippen MR) is 123 cm³/mol. The maximum atomic E-state index is 13.4. The van der Waals surface area contributed by atoms with Gasteiger partial charge in [-0.15, -0.1) is 24.0 Å². The normalized spacial score (nSPS) is 16.1. The molecule has 0 aromatic heterocycles. The first-order chi connectivity index (χ1) is 13.5. The summed E-state index contributed by atoms with van der Waals surface area (Å²) in [7, 11) is 3.70. The average Bonchev–Trinajstić information content (AvgIpc) is 2.71. The molecule has 0 unspecified atom stereocenters. The van der Waals surface area contributed by atoms with Crippen LogP contribution in [0.4, 0.5) is 8.78 Å². The van der Waals surface area contributed by atoms with Crippen LogP contribution in [0.2, 0.25) is 0 Å². The molecule has 2 aromatic rings. The van der Waals surface area contributed by atoms with Gasteiger partial charge >= 0.3 is 0 Å². The van der Waals surface area contributed by atoms with Gasteiger partial charge in [0.1, 0.15) is 11.6 Å². The van der Waals surface area contributed by atoms with Gasteiger partial charge in [0.25, 0.3) is 0 Å². The SMILES string of the molecule is CN=C(NCC1(c2ccc(F)cc2)CCOCC1)N(C)Cc1ccc(F)cc1.I. The minimum Gasteiger partial charge on any atom is -0.381 e. The van der Waals surface area contributed by atoms with Crippen molar-refractivity contribution in [2.24, 2.45) is 4.99 Å². The molecule has 0 atom stereocenters. The van der Waals surface area contributed by atoms with Crippen LogP contribution in [0.25, 0.3) is 0 Å². The van der Waals surface area contributed by atoms with Crippen LogP contribution >= 0.6 is 24.0 Å². The summed E-state index contributed by atoms with van der Waals surface area (Å²) in [6, 6.07) is 13.2. The molecule has 1 N–H and O–H groups in total. The molecular weight excluding hydrogens is 487 g/mol. The fraction of sp³-hybridized carbons (Fsp3) is 0.409. The zero-order valence-corrected chi connectivity index (χ0v) is 19.2. The van der Waals surface area contributed by atoms with Gasteiger partial charge in [-0.05, 0) is 48.2 Å². The molecule has 0 bridgehead atoms. The lowest BCUT2D eigenvalue weighted by Crippen LogP contribution is -2.48. The first kappa shape index (κ1) is 23.5. The highest BCUT2D eigenvalue weighted by Crippen LogP contribution is 2.34. The van der Waals surface area contributed by atoms with Gasteiger partial charge in [-0.25, -0.2) is 8.78 Å². The average molecular weight is 515 g/mol. The molecule has 4 nitrogen and oxygen atoms in total. The van der Waals surface area contributed by atoms with Crippen molar-refractivity contribution in [1.82, 2.24) is 10.2 Å². The third kappa shape index (κ3) is 6.12. The summed E-state index contributed by atoms with van der Waals surface area (Å²) in [6.45, 7) is 2.67. The third-order valence-electron chi connectivity index (χ3n) is 5.40. The lowest BCUT2D eigenvalue weighted by Gasteiger charge is -2.39. The van der Waals surface area contributed by atoms with E-state index in [-0.39, 0.29) is 41.0 Å². The van der Waals surface area contributed by atoms with E-state index >= 15 is 0 Å². The molecule has 1 fully saturated rings. The summed E-state index contributed by atoms with van der Waals surface area (Å²) in [5.74, 6) is 0.292. The Morgan fingerprint density at radius 3 is 2.14 bits per heavy atom. The number of halogens is 3. The molecule has 7 heteroatoms. The van der Waals surface area contributed by atoms with Gasteiger partial charge in [0.2, 0.25) is 0 Å². The number of aliphatic imine (C=N–C) groups is 1. The maximum absolute atomic E-state index is 13.4. The topological polar surface area (TPSA) is 36.9 Å². The molecule has 1 aliphatic heterocycles. The highest BCUT2D eigenvalue weighted by atomic mass is 127. The molecule has 29 heavy (non-hydrogen) atoms. The standard InChI is InChI=1S/C22H27F2N3O.HI/c1-25-21(27(2)15-17-3-7-19(23)8-4-17)26-16-22(11-13-28-14-12-22)18-5-9-20(24)10-6-18;/h3-10H,11-16H2,1-2H3,(H,25,26);1H. The van der Waals surface area contributed by atoms with Gasteiger partial charge < -0.3 is 15.0 Å². The molecule has 1 heterocycles. The molecule has 2 aromatic carbocycles. The van der Waals surface area contributed by atoms with Crippen molar-refractivity contribution in [3.63, 3.8) is 0 Å². The number of rotatable bonds is 5. The third-order valence-corrected chi connectivity index (χ3v) is 5.40. The molecule has 0 aliphatic carbocycles. The van der Waals surface area contributed by atoms with Crippen molar-refractivity contribution in [1.29, 1.82) is 0 Å². The summed E-state index contributed by atoms with van der Waals surface area (Å²) in [5, 5.41) is 3.48. The zero-order valence-electron chi connectivity index (χ0n) is 16.8. The zero-order chi connectivity index (χ0) is 20.0. The highest BCUT2D eigenvalue weighted by molar-refractivity contribution is 14.0. The van der Waals surface area contributed by atoms with E-state index in [4.69, 9.17) is 4.74 Å². The van der Waals surface area contributed by atoms with Crippen molar-refractivity contribution in [3.8, 4) is 0 Å². The Kier molecular flexibility index (Phi) is 8.82. The Hall–Kier alpha value is -1.74. The van der Waals surface area contributed by atoms with Crippen LogP contribution in [0.1, 0.15) is 24.0 Å². The van der Waals surface area contributed by atoms with Crippen LogP contribution < -0.4 is 5.32 Å². The second kappa shape index (κ2) is 10.9. The van der Waals surface area contributed by atoms with Gasteiger partial charge in [-0.2, -0.15) is 0 Å². The lowest BCUT2D eigenvalue weighted by atomic mass is 9.74. The second-order valence-corrected chi connectivity index (χ2v) is 7.28. The van der Waals surface area contributed by atoms with E-state index in [0.29, 0.717) is 26.3 Å². The Morgan fingerprint density at radius 1 is 1.03 bits per heavy atom. The van der Waals surface area contributed by atoms with E-state index in [0.717, 1.165) is 29.9 Å². The van der Waals surface area contributed by atoms with Gasteiger partial charge in [0, 0.05) is 45.8 Å². The Balaban J connectivity index is 0.00000300. The van der Waals surface area contributed by atoms with E-state index in [2.05, 4.69) is 10.3 Å². The second-order valence-electron chi connectivity index (χ2n) is 7.28. The minimum absolute atomic E-state index is 0. The number of hydrogen-bond acceptors (Lipinski definition) is 2. The van der Waals surface area contributed by atoms with E-state index < -0.39 is 0 Å². The molecule has 1 aliphatic rings. The molecule has 0 amide bonds. The Morgan fingerprint density at radius 2 is 1.59 bits per heavy atom. The van der Waals surface area contributed by atoms with Crippen molar-refractivity contribution < 1.29 is 13.5 Å². The van der Waals surface area contributed by atoms with Crippen molar-refractivity contribution in [2.75, 3.05) is 33.9 Å². The maximum Gasteiger partial charge on any atom is 0.193 e. The van der Waals surface area contributed by atoms with E-state index in [9.17, 15) is 8.78 Å². The van der Waals surface area contributed by atoms with Crippen LogP contribution in [0.5, 0.6) is 0 Å². The van der Waals surface area contributed by atoms with Crippen LogP contribution in [-0.4, -0.2) is 44.7 Å². The van der Waals surface area contributed by atoms with Gasteiger partial charge in [0.15, 0.2) is 5.96 Å². The Labute approximate surface area is 188 Å². The first-order valence-electron chi connectivity index (χ1n) is 9.52. The van der Waals surface area contributed by atoms with E-state index in [1.54, 1.807) is 19.2 Å². The quantitative estimate of drug-likeness (QED) is 0.366. The molecule has 0 saturated carbocycles. The number of guanidine groups is 1. The molecule has 1 saturated heterocycles. The van der Waals surface area contributed by atoms with Gasteiger partial charge in [0.05, 0.1) is 0 Å². The monoisotopic (exact) mass is 515 g/mol. The molecule has 0 radical (unpaired) electrons. The van der Waals surface area contributed by atoms with Crippen molar-refractivity contribution in [2.45, 2.75) is 24.8 Å². The largest absolute Gasteiger partial charge is 0.381 e. The van der Waals surface area contributed by atoms with Crippen LogP contribution in [0.3, 0.4) is 0 Å². The number of ether oxygens (including phenoxy) is 1. The summed E-state index contributed by atoms with van der Waals surface area (Å²) in [6.07, 6.45) is 1.73. The summed E-state index contributed by atoms with van der Waals surface area (Å²) >= 11 is 0. The molecule has 0 spiro atoms. The predicted octanol–water partition coefficient (Wildman–Crippen LogP) is 4.34. The highest BCUT2D eigenvalue weighted by Gasteiger charge is 2.34. The fourth-order valence-electron chi connectivity index (χ4n) is 3.70. The number of benzene rings is 2. The first-order valence-corrected chi connectivity index (χ1v) is 9.52. The lowest BCUT2D eigenvalue weighted by molar-refractivity contribution is 0.0512. The van der Waals surface area contributed by atoms with Crippen LogP contribution in [0.15, 0.2) is 53.5 Å². The molecule has 158 valence electrons. The van der Waals surface area contributed by atoms with Crippen LogP contribution in [-0.2, 0) is 16.7 Å². The van der Waals surface area contributed by atoms with Crippen LogP contribution in [0, 0.1) is 11.6 Å². The fourth-order valence-corrected chi connectivity index (χ4v) is 3.70. The molecule has 3 rings (SSSR count). The van der Waals surface area contributed by atoms with Crippen molar-refractivity contribution in [3.05, 3.63) is 71.3 Å². The summed E-state index contributed by atoms with van der Waals surface area (Å²) < 4.78 is 32.1. The smallest absolute Gasteiger partial charge is 0.193 e. The number of hydrogen-bond donors (Lipinski definition) is 1.